The fourth-order valence-electron chi connectivity index (χ4n) is 4.87. The number of ether oxygens (including phenoxy) is 1. The van der Waals surface area contributed by atoms with Gasteiger partial charge in [0.15, 0.2) is 0 Å². The molecule has 2 aromatic carbocycles. The number of rotatable bonds is 2. The third kappa shape index (κ3) is 3.05. The molecule has 5 nitrogen and oxygen atoms in total. The van der Waals surface area contributed by atoms with Gasteiger partial charge >= 0.3 is 0 Å². The molecule has 1 aromatic heterocycles. The van der Waals surface area contributed by atoms with Crippen LogP contribution in [0.25, 0.3) is 10.9 Å². The third-order valence-electron chi connectivity index (χ3n) is 6.32. The number of carbonyl (C=O) groups excluding carboxylic acids is 1. The topological polar surface area (TPSA) is 48.6 Å². The number of aromatic nitrogens is 1. The number of amides is 1. The van der Waals surface area contributed by atoms with Crippen LogP contribution < -0.4 is 4.90 Å². The summed E-state index contributed by atoms with van der Waals surface area (Å²) in [4.78, 5) is 20.5. The van der Waals surface area contributed by atoms with Crippen molar-refractivity contribution in [1.29, 1.82) is 0 Å². The molecule has 0 radical (unpaired) electrons. The van der Waals surface area contributed by atoms with Gasteiger partial charge in [0.1, 0.15) is 0 Å². The Morgan fingerprint density at radius 1 is 1.13 bits per heavy atom. The minimum absolute atomic E-state index is 0.0178. The molecule has 0 saturated carbocycles. The summed E-state index contributed by atoms with van der Waals surface area (Å²) in [5, 5.41) is 1.22. The third-order valence-corrected chi connectivity index (χ3v) is 6.32. The molecule has 2 atom stereocenters. The highest BCUT2D eigenvalue weighted by atomic mass is 16.5. The molecular formula is C25H25N3O2. The first-order valence-corrected chi connectivity index (χ1v) is 10.5. The van der Waals surface area contributed by atoms with Crippen molar-refractivity contribution < 1.29 is 9.53 Å². The largest absolute Gasteiger partial charge is 0.378 e. The van der Waals surface area contributed by atoms with Gasteiger partial charge in [-0.25, -0.2) is 0 Å². The van der Waals surface area contributed by atoms with Gasteiger partial charge in [0, 0.05) is 41.4 Å². The first kappa shape index (κ1) is 18.8. The monoisotopic (exact) mass is 399 g/mol. The maximum Gasteiger partial charge on any atom is 0.299 e. The molecule has 0 spiro atoms. The molecular weight excluding hydrogens is 374 g/mol. The highest BCUT2D eigenvalue weighted by Crippen LogP contribution is 2.41. The lowest BCUT2D eigenvalue weighted by Crippen LogP contribution is -2.45. The molecule has 152 valence electrons. The number of hydrogen-bond acceptors (Lipinski definition) is 3. The van der Waals surface area contributed by atoms with Crippen molar-refractivity contribution in [2.45, 2.75) is 25.4 Å². The van der Waals surface area contributed by atoms with Crippen molar-refractivity contribution in [2.24, 2.45) is 0 Å². The van der Waals surface area contributed by atoms with Crippen molar-refractivity contribution in [1.82, 2.24) is 9.88 Å². The summed E-state index contributed by atoms with van der Waals surface area (Å²) in [7, 11) is 0. The van der Waals surface area contributed by atoms with Gasteiger partial charge in [0.2, 0.25) is 0 Å². The molecule has 3 aromatic rings. The van der Waals surface area contributed by atoms with E-state index in [2.05, 4.69) is 65.2 Å². The minimum Gasteiger partial charge on any atom is -0.378 e. The number of benzene rings is 2. The van der Waals surface area contributed by atoms with Crippen LogP contribution >= 0.6 is 0 Å². The Labute approximate surface area is 176 Å². The molecule has 1 saturated heterocycles. The van der Waals surface area contributed by atoms with E-state index in [-0.39, 0.29) is 18.0 Å². The van der Waals surface area contributed by atoms with E-state index in [0.717, 1.165) is 49.5 Å². The second-order valence-electron chi connectivity index (χ2n) is 8.07. The van der Waals surface area contributed by atoms with Gasteiger partial charge in [-0.2, -0.15) is 0 Å². The maximum atomic E-state index is 12.8. The fourth-order valence-corrected chi connectivity index (χ4v) is 4.87. The summed E-state index contributed by atoms with van der Waals surface area (Å²) < 4.78 is 5.46. The molecule has 0 bridgehead atoms. The van der Waals surface area contributed by atoms with Crippen molar-refractivity contribution in [3.63, 3.8) is 0 Å². The van der Waals surface area contributed by atoms with E-state index in [4.69, 9.17) is 11.2 Å². The zero-order valence-electron chi connectivity index (χ0n) is 17.1. The Kier molecular flexibility index (Phi) is 4.72. The van der Waals surface area contributed by atoms with E-state index in [1.54, 1.807) is 0 Å². The normalized spacial score (nSPS) is 21.3. The summed E-state index contributed by atoms with van der Waals surface area (Å²) in [5.74, 6) is 2.07. The lowest BCUT2D eigenvalue weighted by molar-refractivity contribution is -0.129. The minimum atomic E-state index is -0.269. The van der Waals surface area contributed by atoms with Crippen LogP contribution in [0, 0.1) is 12.3 Å². The van der Waals surface area contributed by atoms with Gasteiger partial charge in [-0.3, -0.25) is 4.79 Å². The van der Waals surface area contributed by atoms with Crippen LogP contribution in [0.15, 0.2) is 48.5 Å². The van der Waals surface area contributed by atoms with Crippen molar-refractivity contribution in [3.8, 4) is 12.3 Å². The number of hydrogen-bond donors (Lipinski definition) is 1. The molecule has 5 heteroatoms. The molecule has 0 aliphatic carbocycles. The second kappa shape index (κ2) is 7.55. The zero-order valence-corrected chi connectivity index (χ0v) is 17.1. The fraction of sp³-hybridized carbons (Fsp3) is 0.320. The number of para-hydroxylation sites is 1. The first-order chi connectivity index (χ1) is 14.7. The number of aromatic amines is 1. The van der Waals surface area contributed by atoms with E-state index in [0.29, 0.717) is 0 Å². The van der Waals surface area contributed by atoms with Crippen LogP contribution in [-0.4, -0.2) is 48.1 Å². The summed E-state index contributed by atoms with van der Waals surface area (Å²) in [6.07, 6.45) is 6.34. The van der Waals surface area contributed by atoms with Crippen molar-refractivity contribution >= 4 is 22.5 Å². The second-order valence-corrected chi connectivity index (χ2v) is 8.07. The van der Waals surface area contributed by atoms with Gasteiger partial charge in [-0.1, -0.05) is 30.3 Å². The van der Waals surface area contributed by atoms with E-state index < -0.39 is 0 Å². The molecule has 0 unspecified atom stereocenters. The number of morpholine rings is 1. The number of H-pyrrole nitrogens is 1. The van der Waals surface area contributed by atoms with Crippen LogP contribution in [0.1, 0.15) is 29.8 Å². The number of nitrogens with one attached hydrogen (secondary N) is 1. The smallest absolute Gasteiger partial charge is 0.299 e. The summed E-state index contributed by atoms with van der Waals surface area (Å²) >= 11 is 0. The Balaban J connectivity index is 1.60. The Morgan fingerprint density at radius 2 is 1.87 bits per heavy atom. The predicted molar refractivity (Wildman–Crippen MR) is 118 cm³/mol. The van der Waals surface area contributed by atoms with Crippen LogP contribution in [-0.2, 0) is 16.0 Å². The Morgan fingerprint density at radius 3 is 2.60 bits per heavy atom. The first-order valence-electron chi connectivity index (χ1n) is 10.5. The molecule has 2 aliphatic heterocycles. The van der Waals surface area contributed by atoms with E-state index in [9.17, 15) is 4.79 Å². The lowest BCUT2D eigenvalue weighted by Gasteiger charge is -2.40. The van der Waals surface area contributed by atoms with Gasteiger partial charge < -0.3 is 19.5 Å². The van der Waals surface area contributed by atoms with Crippen LogP contribution in [0.3, 0.4) is 0 Å². The number of terminal acetylenes is 1. The molecule has 5 rings (SSSR count). The average Bonchev–Trinajstić information content (AvgIpc) is 3.16. The van der Waals surface area contributed by atoms with Crippen LogP contribution in [0.5, 0.6) is 0 Å². The van der Waals surface area contributed by atoms with Crippen LogP contribution in [0.2, 0.25) is 0 Å². The zero-order chi connectivity index (χ0) is 20.7. The highest BCUT2D eigenvalue weighted by molar-refractivity contribution is 5.94. The average molecular weight is 399 g/mol. The van der Waals surface area contributed by atoms with Crippen molar-refractivity contribution in [2.75, 3.05) is 31.2 Å². The predicted octanol–water partition coefficient (Wildman–Crippen LogP) is 3.50. The Hall–Kier alpha value is -3.23. The van der Waals surface area contributed by atoms with Gasteiger partial charge in [-0.05, 0) is 48.6 Å². The molecule has 1 N–H and O–H groups in total. The Bertz CT molecular complexity index is 1120. The summed E-state index contributed by atoms with van der Waals surface area (Å²) in [5.41, 5.74) is 5.69. The standard InChI is InChI=1S/C25H25N3O2/c1-3-23(29)28-17(2)16-21-20-6-4-5-7-22(20)26-24(21)25(28)18-8-10-19(11-9-18)27-12-14-30-15-13-27/h1,4-11,17,25-26H,12-16H2,2H3/t17-,25-/m0/s1. The molecule has 2 aliphatic rings. The molecule has 30 heavy (non-hydrogen) atoms. The molecule has 3 heterocycles. The van der Waals surface area contributed by atoms with Crippen LogP contribution in [0.4, 0.5) is 5.69 Å². The van der Waals surface area contributed by atoms with Gasteiger partial charge in [0.25, 0.3) is 5.91 Å². The number of anilines is 1. The van der Waals surface area contributed by atoms with E-state index in [1.165, 1.54) is 16.6 Å². The van der Waals surface area contributed by atoms with E-state index in [1.807, 2.05) is 11.0 Å². The molecule has 1 fully saturated rings. The van der Waals surface area contributed by atoms with Gasteiger partial charge in [-0.15, -0.1) is 6.42 Å². The maximum absolute atomic E-state index is 12.8. The number of nitrogens with zero attached hydrogens (tertiary/aromatic N) is 2. The lowest BCUT2D eigenvalue weighted by atomic mass is 9.88. The van der Waals surface area contributed by atoms with Crippen molar-refractivity contribution in [3.05, 3.63) is 65.4 Å². The number of carbonyl (C=O) groups is 1. The SMILES string of the molecule is C#CC(=O)N1[C@@H](c2ccc(N3CCOCC3)cc2)c2[nH]c3ccccc3c2C[C@@H]1C. The number of fused-ring (bicyclic) bond motifs is 3. The van der Waals surface area contributed by atoms with Gasteiger partial charge in [0.05, 0.1) is 19.3 Å². The summed E-state index contributed by atoms with van der Waals surface area (Å²) in [6.45, 7) is 5.38. The van der Waals surface area contributed by atoms with E-state index >= 15 is 0 Å². The highest BCUT2D eigenvalue weighted by Gasteiger charge is 2.38. The summed E-state index contributed by atoms with van der Waals surface area (Å²) in [6, 6.07) is 16.7. The quantitative estimate of drug-likeness (QED) is 0.671. The molecule has 1 amide bonds.